The summed E-state index contributed by atoms with van der Waals surface area (Å²) >= 11 is 0. The van der Waals surface area contributed by atoms with Crippen LogP contribution < -0.4 is 10.1 Å². The van der Waals surface area contributed by atoms with Crippen molar-refractivity contribution in [1.29, 1.82) is 0 Å². The fourth-order valence-electron chi connectivity index (χ4n) is 2.91. The molecule has 2 aliphatic heterocycles. The highest BCUT2D eigenvalue weighted by Gasteiger charge is 2.17. The van der Waals surface area contributed by atoms with E-state index in [-0.39, 0.29) is 6.10 Å². The fourth-order valence-corrected chi connectivity index (χ4v) is 2.91. The third kappa shape index (κ3) is 3.48. The van der Waals surface area contributed by atoms with Gasteiger partial charge in [-0.3, -0.25) is 0 Å². The number of benzene rings is 1. The molecule has 3 rings (SSSR count). The van der Waals surface area contributed by atoms with Gasteiger partial charge in [0.2, 0.25) is 0 Å². The number of hydrogen-bond donors (Lipinski definition) is 1. The molecule has 2 heterocycles. The molecular weight excluding hydrogens is 238 g/mol. The summed E-state index contributed by atoms with van der Waals surface area (Å²) in [6.45, 7) is 2.75. The summed E-state index contributed by atoms with van der Waals surface area (Å²) in [7, 11) is 0. The first-order chi connectivity index (χ1) is 9.42. The highest BCUT2D eigenvalue weighted by Crippen LogP contribution is 2.25. The first-order valence-corrected chi connectivity index (χ1v) is 7.49. The number of rotatable bonds is 3. The third-order valence-electron chi connectivity index (χ3n) is 4.01. The van der Waals surface area contributed by atoms with Crippen LogP contribution in [0, 0.1) is 0 Å². The minimum absolute atomic E-state index is 0.229. The van der Waals surface area contributed by atoms with Gasteiger partial charge in [0.1, 0.15) is 11.9 Å². The topological polar surface area (TPSA) is 30.5 Å². The largest absolute Gasteiger partial charge is 0.488 e. The van der Waals surface area contributed by atoms with Crippen LogP contribution in [0.1, 0.15) is 43.7 Å². The zero-order valence-corrected chi connectivity index (χ0v) is 11.4. The molecule has 2 unspecified atom stereocenters. The fraction of sp³-hybridized carbons (Fsp3) is 0.625. The van der Waals surface area contributed by atoms with Crippen molar-refractivity contribution < 1.29 is 9.47 Å². The van der Waals surface area contributed by atoms with Gasteiger partial charge in [-0.25, -0.2) is 0 Å². The van der Waals surface area contributed by atoms with Crippen molar-refractivity contribution in [1.82, 2.24) is 5.32 Å². The van der Waals surface area contributed by atoms with E-state index in [2.05, 4.69) is 29.6 Å². The third-order valence-corrected chi connectivity index (χ3v) is 4.01. The van der Waals surface area contributed by atoms with Gasteiger partial charge < -0.3 is 14.8 Å². The lowest BCUT2D eigenvalue weighted by atomic mass is 9.97. The van der Waals surface area contributed by atoms with Crippen LogP contribution in [0.4, 0.5) is 0 Å². The molecule has 104 valence electrons. The Balaban J connectivity index is 1.58. The van der Waals surface area contributed by atoms with Gasteiger partial charge in [0.15, 0.2) is 0 Å². The van der Waals surface area contributed by atoms with E-state index in [9.17, 15) is 0 Å². The summed E-state index contributed by atoms with van der Waals surface area (Å²) in [6.07, 6.45) is 6.32. The lowest BCUT2D eigenvalue weighted by Crippen LogP contribution is -2.28. The summed E-state index contributed by atoms with van der Waals surface area (Å²) in [6, 6.07) is 9.12. The molecule has 0 bridgehead atoms. The van der Waals surface area contributed by atoms with Crippen LogP contribution in [0.2, 0.25) is 0 Å². The average Bonchev–Trinajstić information content (AvgIpc) is 2.50. The van der Waals surface area contributed by atoms with Crippen LogP contribution in [0.15, 0.2) is 24.3 Å². The van der Waals surface area contributed by atoms with Crippen LogP contribution in [0.5, 0.6) is 5.75 Å². The van der Waals surface area contributed by atoms with Crippen LogP contribution >= 0.6 is 0 Å². The molecule has 0 spiro atoms. The minimum atomic E-state index is 0.229. The summed E-state index contributed by atoms with van der Waals surface area (Å²) in [5.41, 5.74) is 1.38. The van der Waals surface area contributed by atoms with Crippen molar-refractivity contribution in [3.8, 4) is 5.75 Å². The monoisotopic (exact) mass is 261 g/mol. The minimum Gasteiger partial charge on any atom is -0.488 e. The van der Waals surface area contributed by atoms with Gasteiger partial charge in [0, 0.05) is 12.6 Å². The second-order valence-corrected chi connectivity index (χ2v) is 5.53. The van der Waals surface area contributed by atoms with Crippen molar-refractivity contribution in [3.05, 3.63) is 29.8 Å². The highest BCUT2D eigenvalue weighted by molar-refractivity contribution is 5.29. The van der Waals surface area contributed by atoms with Crippen molar-refractivity contribution in [2.45, 2.75) is 44.2 Å². The molecule has 2 fully saturated rings. The van der Waals surface area contributed by atoms with Crippen molar-refractivity contribution in [2.75, 3.05) is 19.8 Å². The van der Waals surface area contributed by atoms with Crippen molar-refractivity contribution >= 4 is 0 Å². The van der Waals surface area contributed by atoms with Gasteiger partial charge in [0.05, 0.1) is 6.61 Å². The molecule has 0 saturated carbocycles. The number of piperidine rings is 1. The summed E-state index contributed by atoms with van der Waals surface area (Å²) in [5.74, 6) is 0.968. The summed E-state index contributed by atoms with van der Waals surface area (Å²) in [4.78, 5) is 0. The summed E-state index contributed by atoms with van der Waals surface area (Å²) in [5, 5.41) is 3.58. The van der Waals surface area contributed by atoms with Gasteiger partial charge in [0.25, 0.3) is 0 Å². The molecule has 0 aromatic heterocycles. The van der Waals surface area contributed by atoms with E-state index in [1.165, 1.54) is 24.8 Å². The Bertz CT molecular complexity index is 378. The Hall–Kier alpha value is -1.06. The molecule has 0 aliphatic carbocycles. The standard InChI is InChI=1S/C16H23NO2/c1-2-10-17-16(5-1)13-6-8-14(9-7-13)19-15-4-3-11-18-12-15/h6-9,15-17H,1-5,10-12H2. The first kappa shape index (κ1) is 12.9. The Labute approximate surface area is 115 Å². The molecule has 1 N–H and O–H groups in total. The molecule has 3 nitrogen and oxygen atoms in total. The van der Waals surface area contributed by atoms with Gasteiger partial charge in [-0.05, 0) is 49.9 Å². The van der Waals surface area contributed by atoms with Crippen LogP contribution in [0.3, 0.4) is 0 Å². The van der Waals surface area contributed by atoms with Gasteiger partial charge in [-0.15, -0.1) is 0 Å². The Morgan fingerprint density at radius 1 is 1.05 bits per heavy atom. The predicted octanol–water partition coefficient (Wildman–Crippen LogP) is 3.06. The highest BCUT2D eigenvalue weighted by atomic mass is 16.5. The molecule has 2 atom stereocenters. The predicted molar refractivity (Wildman–Crippen MR) is 75.5 cm³/mol. The molecule has 3 heteroatoms. The Morgan fingerprint density at radius 3 is 2.63 bits per heavy atom. The average molecular weight is 261 g/mol. The number of ether oxygens (including phenoxy) is 2. The second-order valence-electron chi connectivity index (χ2n) is 5.53. The van der Waals surface area contributed by atoms with E-state index in [0.29, 0.717) is 6.04 Å². The number of hydrogen-bond acceptors (Lipinski definition) is 3. The number of nitrogens with one attached hydrogen (secondary N) is 1. The van der Waals surface area contributed by atoms with Gasteiger partial charge >= 0.3 is 0 Å². The molecular formula is C16H23NO2. The molecule has 2 saturated heterocycles. The Morgan fingerprint density at radius 2 is 1.95 bits per heavy atom. The molecule has 2 aliphatic rings. The van der Waals surface area contributed by atoms with E-state index >= 15 is 0 Å². The zero-order chi connectivity index (χ0) is 12.9. The molecule has 0 amide bonds. The van der Waals surface area contributed by atoms with E-state index in [4.69, 9.17) is 9.47 Å². The van der Waals surface area contributed by atoms with E-state index in [1.807, 2.05) is 0 Å². The quantitative estimate of drug-likeness (QED) is 0.907. The maximum Gasteiger partial charge on any atom is 0.122 e. The van der Waals surface area contributed by atoms with Crippen LogP contribution in [-0.4, -0.2) is 25.9 Å². The SMILES string of the molecule is c1cc(C2CCCCN2)ccc1OC1CCCOC1. The normalized spacial score (nSPS) is 28.0. The van der Waals surface area contributed by atoms with E-state index in [1.54, 1.807) is 0 Å². The zero-order valence-electron chi connectivity index (χ0n) is 11.4. The lowest BCUT2D eigenvalue weighted by Gasteiger charge is -2.25. The smallest absolute Gasteiger partial charge is 0.122 e. The Kier molecular flexibility index (Phi) is 4.36. The van der Waals surface area contributed by atoms with Gasteiger partial charge in [-0.1, -0.05) is 18.6 Å². The maximum absolute atomic E-state index is 5.95. The van der Waals surface area contributed by atoms with Crippen molar-refractivity contribution in [2.24, 2.45) is 0 Å². The van der Waals surface area contributed by atoms with Crippen LogP contribution in [-0.2, 0) is 4.74 Å². The molecule has 0 radical (unpaired) electrons. The maximum atomic E-state index is 5.95. The van der Waals surface area contributed by atoms with Gasteiger partial charge in [-0.2, -0.15) is 0 Å². The van der Waals surface area contributed by atoms with Crippen molar-refractivity contribution in [3.63, 3.8) is 0 Å². The van der Waals surface area contributed by atoms with E-state index in [0.717, 1.165) is 38.3 Å². The second kappa shape index (κ2) is 6.40. The van der Waals surface area contributed by atoms with E-state index < -0.39 is 0 Å². The molecule has 19 heavy (non-hydrogen) atoms. The first-order valence-electron chi connectivity index (χ1n) is 7.49. The van der Waals surface area contributed by atoms with Crippen LogP contribution in [0.25, 0.3) is 0 Å². The summed E-state index contributed by atoms with van der Waals surface area (Å²) < 4.78 is 11.4. The molecule has 1 aromatic carbocycles. The molecule has 1 aromatic rings. The lowest BCUT2D eigenvalue weighted by molar-refractivity contribution is 0.00742.